The van der Waals surface area contributed by atoms with Gasteiger partial charge in [-0.25, -0.2) is 4.98 Å². The molecule has 0 aliphatic rings. The van der Waals surface area contributed by atoms with Crippen LogP contribution in [0.4, 0.5) is 0 Å². The SMILES string of the molecule is CCCCC(C)(C)c1nc(C(C)CC)[nH]c1C(C)C. The van der Waals surface area contributed by atoms with Crippen LogP contribution in [0.1, 0.15) is 103 Å². The Bertz CT molecular complexity index is 388. The van der Waals surface area contributed by atoms with Crippen molar-refractivity contribution in [2.75, 3.05) is 0 Å². The van der Waals surface area contributed by atoms with Gasteiger partial charge in [-0.05, 0) is 18.8 Å². The maximum Gasteiger partial charge on any atom is 0.109 e. The van der Waals surface area contributed by atoms with E-state index in [0.717, 1.165) is 6.42 Å². The lowest BCUT2D eigenvalue weighted by atomic mass is 9.81. The Balaban J connectivity index is 3.13. The summed E-state index contributed by atoms with van der Waals surface area (Å²) >= 11 is 0. The second-order valence-corrected chi connectivity index (χ2v) is 6.84. The molecule has 0 spiro atoms. The lowest BCUT2D eigenvalue weighted by molar-refractivity contribution is 0.440. The van der Waals surface area contributed by atoms with E-state index in [-0.39, 0.29) is 5.41 Å². The summed E-state index contributed by atoms with van der Waals surface area (Å²) in [5, 5.41) is 0. The predicted molar refractivity (Wildman–Crippen MR) is 83.9 cm³/mol. The van der Waals surface area contributed by atoms with Crippen LogP contribution in [0.5, 0.6) is 0 Å². The fourth-order valence-corrected chi connectivity index (χ4v) is 2.50. The van der Waals surface area contributed by atoms with Crippen molar-refractivity contribution in [1.82, 2.24) is 9.97 Å². The molecule has 1 rings (SSSR count). The molecule has 0 aliphatic carbocycles. The van der Waals surface area contributed by atoms with Gasteiger partial charge in [0.15, 0.2) is 0 Å². The highest BCUT2D eigenvalue weighted by molar-refractivity contribution is 5.26. The van der Waals surface area contributed by atoms with E-state index < -0.39 is 0 Å². The number of rotatable bonds is 7. The van der Waals surface area contributed by atoms with Crippen LogP contribution in [0, 0.1) is 0 Å². The van der Waals surface area contributed by atoms with Crippen molar-refractivity contribution in [2.24, 2.45) is 0 Å². The number of H-pyrrole nitrogens is 1. The van der Waals surface area contributed by atoms with Gasteiger partial charge < -0.3 is 4.98 Å². The van der Waals surface area contributed by atoms with Gasteiger partial charge in [-0.15, -0.1) is 0 Å². The van der Waals surface area contributed by atoms with E-state index in [1.165, 1.54) is 36.5 Å². The minimum atomic E-state index is 0.178. The molecule has 0 radical (unpaired) electrons. The number of aromatic nitrogens is 2. The van der Waals surface area contributed by atoms with E-state index in [0.29, 0.717) is 11.8 Å². The summed E-state index contributed by atoms with van der Waals surface area (Å²) in [4.78, 5) is 8.57. The highest BCUT2D eigenvalue weighted by atomic mass is 15.0. The van der Waals surface area contributed by atoms with E-state index in [4.69, 9.17) is 4.98 Å². The van der Waals surface area contributed by atoms with Gasteiger partial charge in [0, 0.05) is 17.0 Å². The monoisotopic (exact) mass is 264 g/mol. The van der Waals surface area contributed by atoms with Crippen LogP contribution >= 0.6 is 0 Å². The molecule has 0 aliphatic heterocycles. The molecule has 1 atom stereocenters. The normalized spacial score (nSPS) is 14.1. The largest absolute Gasteiger partial charge is 0.345 e. The molecular weight excluding hydrogens is 232 g/mol. The molecule has 1 aromatic heterocycles. The standard InChI is InChI=1S/C17H32N2/c1-8-10-11-17(6,7)15-14(12(3)4)18-16(19-15)13(5)9-2/h12-13H,8-11H2,1-7H3,(H,18,19). The number of nitrogens with zero attached hydrogens (tertiary/aromatic N) is 1. The van der Waals surface area contributed by atoms with Crippen molar-refractivity contribution in [3.63, 3.8) is 0 Å². The molecule has 110 valence electrons. The number of nitrogens with one attached hydrogen (secondary N) is 1. The summed E-state index contributed by atoms with van der Waals surface area (Å²) in [5.74, 6) is 2.21. The average Bonchev–Trinajstić information content (AvgIpc) is 2.81. The van der Waals surface area contributed by atoms with Crippen LogP contribution in [0.25, 0.3) is 0 Å². The van der Waals surface area contributed by atoms with Gasteiger partial charge >= 0.3 is 0 Å². The second-order valence-electron chi connectivity index (χ2n) is 6.84. The third-order valence-corrected chi connectivity index (χ3v) is 4.20. The molecule has 0 fully saturated rings. The first-order chi connectivity index (χ1) is 8.83. The van der Waals surface area contributed by atoms with Crippen molar-refractivity contribution in [3.05, 3.63) is 17.2 Å². The molecular formula is C17H32N2. The number of unbranched alkanes of at least 4 members (excludes halogenated alkanes) is 1. The number of imidazole rings is 1. The molecule has 19 heavy (non-hydrogen) atoms. The van der Waals surface area contributed by atoms with Crippen LogP contribution in [-0.2, 0) is 5.41 Å². The Morgan fingerprint density at radius 2 is 1.79 bits per heavy atom. The lowest BCUT2D eigenvalue weighted by Crippen LogP contribution is -2.20. The van der Waals surface area contributed by atoms with Crippen molar-refractivity contribution in [1.29, 1.82) is 0 Å². The summed E-state index contributed by atoms with van der Waals surface area (Å²) in [5.41, 5.74) is 2.82. The fourth-order valence-electron chi connectivity index (χ4n) is 2.50. The van der Waals surface area contributed by atoms with Crippen LogP contribution in [0.2, 0.25) is 0 Å². The number of hydrogen-bond acceptors (Lipinski definition) is 1. The summed E-state index contributed by atoms with van der Waals surface area (Å²) < 4.78 is 0. The number of hydrogen-bond donors (Lipinski definition) is 1. The van der Waals surface area contributed by atoms with Crippen molar-refractivity contribution in [3.8, 4) is 0 Å². The van der Waals surface area contributed by atoms with Gasteiger partial charge in [0.25, 0.3) is 0 Å². The third kappa shape index (κ3) is 3.84. The first-order valence-electron chi connectivity index (χ1n) is 7.93. The summed E-state index contributed by atoms with van der Waals surface area (Å²) in [7, 11) is 0. The molecule has 0 bridgehead atoms. The zero-order valence-corrected chi connectivity index (χ0v) is 13.9. The maximum atomic E-state index is 4.97. The van der Waals surface area contributed by atoms with Gasteiger partial charge in [-0.2, -0.15) is 0 Å². The molecule has 0 saturated carbocycles. The van der Waals surface area contributed by atoms with Gasteiger partial charge in [0.05, 0.1) is 5.69 Å². The van der Waals surface area contributed by atoms with E-state index in [9.17, 15) is 0 Å². The zero-order chi connectivity index (χ0) is 14.6. The molecule has 2 nitrogen and oxygen atoms in total. The number of aromatic amines is 1. The predicted octanol–water partition coefficient (Wildman–Crippen LogP) is 5.51. The smallest absolute Gasteiger partial charge is 0.109 e. The zero-order valence-electron chi connectivity index (χ0n) is 13.9. The molecule has 0 saturated heterocycles. The van der Waals surface area contributed by atoms with Crippen molar-refractivity contribution in [2.45, 2.75) is 91.4 Å². The minimum Gasteiger partial charge on any atom is -0.345 e. The fraction of sp³-hybridized carbons (Fsp3) is 0.824. The third-order valence-electron chi connectivity index (χ3n) is 4.20. The van der Waals surface area contributed by atoms with E-state index in [1.54, 1.807) is 0 Å². The Kier molecular flexibility index (Phi) is 5.64. The summed E-state index contributed by atoms with van der Waals surface area (Å²) in [6, 6.07) is 0. The van der Waals surface area contributed by atoms with Gasteiger partial charge in [0.2, 0.25) is 0 Å². The van der Waals surface area contributed by atoms with Crippen LogP contribution in [0.15, 0.2) is 0 Å². The van der Waals surface area contributed by atoms with E-state index in [2.05, 4.69) is 53.5 Å². The topological polar surface area (TPSA) is 28.7 Å². The molecule has 0 amide bonds. The molecule has 1 aromatic rings. The quantitative estimate of drug-likeness (QED) is 0.690. The van der Waals surface area contributed by atoms with Gasteiger partial charge in [0.1, 0.15) is 5.82 Å². The summed E-state index contributed by atoms with van der Waals surface area (Å²) in [6.07, 6.45) is 4.88. The Morgan fingerprint density at radius 1 is 1.16 bits per heavy atom. The molecule has 2 heteroatoms. The lowest BCUT2D eigenvalue weighted by Gasteiger charge is -2.24. The summed E-state index contributed by atoms with van der Waals surface area (Å²) in [6.45, 7) is 15.9. The molecule has 1 N–H and O–H groups in total. The van der Waals surface area contributed by atoms with E-state index in [1.807, 2.05) is 0 Å². The van der Waals surface area contributed by atoms with Crippen molar-refractivity contribution < 1.29 is 0 Å². The Labute approximate surface area is 119 Å². The minimum absolute atomic E-state index is 0.178. The van der Waals surface area contributed by atoms with E-state index >= 15 is 0 Å². The molecule has 1 heterocycles. The van der Waals surface area contributed by atoms with Crippen LogP contribution in [0.3, 0.4) is 0 Å². The average molecular weight is 264 g/mol. The van der Waals surface area contributed by atoms with Gasteiger partial charge in [-0.1, -0.05) is 61.3 Å². The second kappa shape index (κ2) is 6.58. The van der Waals surface area contributed by atoms with Crippen LogP contribution in [-0.4, -0.2) is 9.97 Å². The first kappa shape index (κ1) is 16.3. The highest BCUT2D eigenvalue weighted by Crippen LogP contribution is 2.34. The van der Waals surface area contributed by atoms with Gasteiger partial charge in [-0.3, -0.25) is 0 Å². The first-order valence-corrected chi connectivity index (χ1v) is 7.93. The highest BCUT2D eigenvalue weighted by Gasteiger charge is 2.28. The Morgan fingerprint density at radius 3 is 2.26 bits per heavy atom. The molecule has 1 unspecified atom stereocenters. The maximum absolute atomic E-state index is 4.97. The van der Waals surface area contributed by atoms with Crippen molar-refractivity contribution >= 4 is 0 Å². The molecule has 0 aromatic carbocycles. The Hall–Kier alpha value is -0.790. The van der Waals surface area contributed by atoms with Crippen LogP contribution < -0.4 is 0 Å².